The fourth-order valence-electron chi connectivity index (χ4n) is 1.50. The van der Waals surface area contributed by atoms with Crippen molar-refractivity contribution in [1.29, 1.82) is 0 Å². The summed E-state index contributed by atoms with van der Waals surface area (Å²) in [6.07, 6.45) is 11.9. The predicted molar refractivity (Wildman–Crippen MR) is 46.5 cm³/mol. The molecule has 0 aromatic rings. The second-order valence-corrected chi connectivity index (χ2v) is 2.94. The molecular weight excluding hydrogens is 136 g/mol. The van der Waals surface area contributed by atoms with Crippen molar-refractivity contribution in [2.24, 2.45) is 5.10 Å². The number of rotatable bonds is 1. The van der Waals surface area contributed by atoms with Crippen molar-refractivity contribution < 1.29 is 0 Å². The van der Waals surface area contributed by atoms with Crippen molar-refractivity contribution in [3.05, 3.63) is 23.8 Å². The van der Waals surface area contributed by atoms with Crippen molar-refractivity contribution in [2.45, 2.75) is 25.3 Å². The Labute approximate surface area is 66.7 Å². The van der Waals surface area contributed by atoms with Crippen molar-refractivity contribution in [3.8, 4) is 0 Å². The van der Waals surface area contributed by atoms with Gasteiger partial charge in [-0.25, -0.2) is 0 Å². The standard InChI is InChI=1S/C9H12N2/c1-2-4-8(5-3-1)9-6-7-10-11-9/h1-2,4,7,9,11H,3,5-6H2. The Morgan fingerprint density at radius 2 is 2.55 bits per heavy atom. The molecule has 58 valence electrons. The Kier molecular flexibility index (Phi) is 1.76. The Morgan fingerprint density at radius 1 is 1.55 bits per heavy atom. The molecule has 0 aromatic carbocycles. The molecule has 1 N–H and O–H groups in total. The van der Waals surface area contributed by atoms with E-state index < -0.39 is 0 Å². The predicted octanol–water partition coefficient (Wildman–Crippen LogP) is 1.61. The van der Waals surface area contributed by atoms with Crippen molar-refractivity contribution in [2.75, 3.05) is 0 Å². The molecule has 0 bridgehead atoms. The molecule has 0 radical (unpaired) electrons. The van der Waals surface area contributed by atoms with Gasteiger partial charge in [0.15, 0.2) is 0 Å². The molecule has 2 nitrogen and oxygen atoms in total. The lowest BCUT2D eigenvalue weighted by molar-refractivity contribution is 0.631. The third-order valence-corrected chi connectivity index (χ3v) is 2.16. The summed E-state index contributed by atoms with van der Waals surface area (Å²) in [5.41, 5.74) is 4.58. The molecule has 11 heavy (non-hydrogen) atoms. The van der Waals surface area contributed by atoms with Crippen LogP contribution in [0, 0.1) is 0 Å². The Bertz CT molecular complexity index is 218. The van der Waals surface area contributed by atoms with E-state index in [9.17, 15) is 0 Å². The van der Waals surface area contributed by atoms with Crippen LogP contribution in [0.2, 0.25) is 0 Å². The number of hydrazone groups is 1. The van der Waals surface area contributed by atoms with E-state index in [1.807, 2.05) is 6.21 Å². The van der Waals surface area contributed by atoms with Crippen LogP contribution in [0.1, 0.15) is 19.3 Å². The quantitative estimate of drug-likeness (QED) is 0.600. The number of hydrogen-bond acceptors (Lipinski definition) is 2. The van der Waals surface area contributed by atoms with Gasteiger partial charge in [-0.3, -0.25) is 0 Å². The van der Waals surface area contributed by atoms with Crippen molar-refractivity contribution in [1.82, 2.24) is 5.43 Å². The Balaban J connectivity index is 2.03. The van der Waals surface area contributed by atoms with Gasteiger partial charge in [0, 0.05) is 12.6 Å². The Morgan fingerprint density at radius 3 is 3.18 bits per heavy atom. The molecule has 0 saturated carbocycles. The van der Waals surface area contributed by atoms with Crippen LogP contribution in [0.5, 0.6) is 0 Å². The largest absolute Gasteiger partial charge is 0.303 e. The van der Waals surface area contributed by atoms with Gasteiger partial charge >= 0.3 is 0 Å². The van der Waals surface area contributed by atoms with E-state index in [1.54, 1.807) is 0 Å². The zero-order chi connectivity index (χ0) is 7.52. The van der Waals surface area contributed by atoms with Crippen LogP contribution in [0.4, 0.5) is 0 Å². The summed E-state index contributed by atoms with van der Waals surface area (Å²) in [5.74, 6) is 0. The summed E-state index contributed by atoms with van der Waals surface area (Å²) >= 11 is 0. The van der Waals surface area contributed by atoms with E-state index in [-0.39, 0.29) is 0 Å². The first-order valence-corrected chi connectivity index (χ1v) is 4.09. The van der Waals surface area contributed by atoms with Gasteiger partial charge in [0.1, 0.15) is 0 Å². The van der Waals surface area contributed by atoms with E-state index >= 15 is 0 Å². The molecule has 2 rings (SSSR count). The minimum atomic E-state index is 0.486. The summed E-state index contributed by atoms with van der Waals surface area (Å²) < 4.78 is 0. The molecule has 1 heterocycles. The molecule has 0 spiro atoms. The summed E-state index contributed by atoms with van der Waals surface area (Å²) in [5, 5.41) is 4.00. The van der Waals surface area contributed by atoms with Crippen LogP contribution in [0.3, 0.4) is 0 Å². The van der Waals surface area contributed by atoms with Gasteiger partial charge < -0.3 is 5.43 Å². The molecule has 1 aliphatic carbocycles. The van der Waals surface area contributed by atoms with Crippen LogP contribution < -0.4 is 5.43 Å². The molecule has 1 aliphatic heterocycles. The molecule has 0 fully saturated rings. The van der Waals surface area contributed by atoms with Crippen LogP contribution in [-0.2, 0) is 0 Å². The summed E-state index contributed by atoms with van der Waals surface area (Å²) in [6, 6.07) is 0.486. The topological polar surface area (TPSA) is 24.4 Å². The highest BCUT2D eigenvalue weighted by atomic mass is 15.3. The first-order chi connectivity index (χ1) is 5.47. The molecule has 1 atom stereocenters. The zero-order valence-electron chi connectivity index (χ0n) is 6.46. The van der Waals surface area contributed by atoms with Gasteiger partial charge in [0.05, 0.1) is 6.04 Å². The first kappa shape index (κ1) is 6.65. The third kappa shape index (κ3) is 1.34. The highest BCUT2D eigenvalue weighted by molar-refractivity contribution is 5.61. The van der Waals surface area contributed by atoms with Crippen LogP contribution in [0.15, 0.2) is 28.9 Å². The van der Waals surface area contributed by atoms with Gasteiger partial charge in [0.2, 0.25) is 0 Å². The highest BCUT2D eigenvalue weighted by Gasteiger charge is 2.15. The van der Waals surface area contributed by atoms with Crippen LogP contribution in [0.25, 0.3) is 0 Å². The lowest BCUT2D eigenvalue weighted by Gasteiger charge is -2.15. The molecule has 2 heteroatoms. The average molecular weight is 148 g/mol. The molecule has 0 amide bonds. The van der Waals surface area contributed by atoms with Crippen LogP contribution >= 0.6 is 0 Å². The van der Waals surface area contributed by atoms with E-state index in [0.717, 1.165) is 6.42 Å². The SMILES string of the molecule is C1=CCCC(C2CC=NN2)=C1. The zero-order valence-corrected chi connectivity index (χ0v) is 6.46. The lowest BCUT2D eigenvalue weighted by atomic mass is 9.97. The number of hydrogen-bond donors (Lipinski definition) is 1. The molecular formula is C9H12N2. The molecule has 1 unspecified atom stereocenters. The average Bonchev–Trinajstić information content (AvgIpc) is 2.58. The molecule has 0 aromatic heterocycles. The first-order valence-electron chi connectivity index (χ1n) is 4.09. The lowest BCUT2D eigenvalue weighted by Crippen LogP contribution is -2.22. The van der Waals surface area contributed by atoms with Crippen molar-refractivity contribution >= 4 is 6.21 Å². The minimum Gasteiger partial charge on any atom is -0.303 e. The second-order valence-electron chi connectivity index (χ2n) is 2.94. The highest BCUT2D eigenvalue weighted by Crippen LogP contribution is 2.18. The number of nitrogens with zero attached hydrogens (tertiary/aromatic N) is 1. The third-order valence-electron chi connectivity index (χ3n) is 2.16. The minimum absolute atomic E-state index is 0.486. The van der Waals surface area contributed by atoms with E-state index in [0.29, 0.717) is 6.04 Å². The summed E-state index contributed by atoms with van der Waals surface area (Å²) in [4.78, 5) is 0. The van der Waals surface area contributed by atoms with Gasteiger partial charge in [-0.05, 0) is 18.4 Å². The molecule has 0 saturated heterocycles. The normalized spacial score (nSPS) is 28.4. The Hall–Kier alpha value is -1.05. The van der Waals surface area contributed by atoms with E-state index in [1.165, 1.54) is 18.4 Å². The van der Waals surface area contributed by atoms with E-state index in [4.69, 9.17) is 0 Å². The maximum Gasteiger partial charge on any atom is 0.0702 e. The van der Waals surface area contributed by atoms with Gasteiger partial charge in [-0.2, -0.15) is 5.10 Å². The second kappa shape index (κ2) is 2.91. The maximum atomic E-state index is 4.00. The summed E-state index contributed by atoms with van der Waals surface area (Å²) in [7, 11) is 0. The molecule has 2 aliphatic rings. The number of allylic oxidation sites excluding steroid dienone is 3. The smallest absolute Gasteiger partial charge is 0.0702 e. The van der Waals surface area contributed by atoms with Crippen molar-refractivity contribution in [3.63, 3.8) is 0 Å². The summed E-state index contributed by atoms with van der Waals surface area (Å²) in [6.45, 7) is 0. The fraction of sp³-hybridized carbons (Fsp3) is 0.444. The van der Waals surface area contributed by atoms with E-state index in [2.05, 4.69) is 28.8 Å². The fourth-order valence-corrected chi connectivity index (χ4v) is 1.50. The monoisotopic (exact) mass is 148 g/mol. The van der Waals surface area contributed by atoms with Gasteiger partial charge in [-0.15, -0.1) is 0 Å². The number of nitrogens with one attached hydrogen (secondary N) is 1. The van der Waals surface area contributed by atoms with Gasteiger partial charge in [-0.1, -0.05) is 18.2 Å². The maximum absolute atomic E-state index is 4.00. The van der Waals surface area contributed by atoms with Gasteiger partial charge in [0.25, 0.3) is 0 Å². The van der Waals surface area contributed by atoms with Crippen LogP contribution in [-0.4, -0.2) is 12.3 Å².